The molecule has 0 saturated carbocycles. The number of hydrogen-bond donors (Lipinski definition) is 2. The van der Waals surface area contributed by atoms with E-state index < -0.39 is 6.09 Å². The molecule has 2 rings (SSSR count). The second-order valence-corrected chi connectivity index (χ2v) is 2.41. The maximum atomic E-state index is 10.5. The molecule has 1 aromatic rings. The van der Waals surface area contributed by atoms with Crippen LogP contribution in [0.2, 0.25) is 0 Å². The number of fused-ring (bicyclic) bond motifs is 1. The molecule has 0 aromatic carbocycles. The maximum Gasteiger partial charge on any atom is 0.432 e. The molecule has 0 atom stereocenters. The van der Waals surface area contributed by atoms with Crippen LogP contribution in [0.15, 0.2) is 6.20 Å². The SMILES string of the molecule is O=C(O)n1ncc2c1CNC2. The highest BCUT2D eigenvalue weighted by molar-refractivity contribution is 5.68. The van der Waals surface area contributed by atoms with Gasteiger partial charge in [-0.05, 0) is 0 Å². The van der Waals surface area contributed by atoms with Crippen LogP contribution < -0.4 is 5.32 Å². The van der Waals surface area contributed by atoms with E-state index in [-0.39, 0.29) is 0 Å². The largest absolute Gasteiger partial charge is 0.463 e. The lowest BCUT2D eigenvalue weighted by molar-refractivity contribution is 0.191. The van der Waals surface area contributed by atoms with Gasteiger partial charge in [-0.15, -0.1) is 0 Å². The van der Waals surface area contributed by atoms with E-state index in [0.717, 1.165) is 22.5 Å². The lowest BCUT2D eigenvalue weighted by Crippen LogP contribution is -2.14. The number of rotatable bonds is 0. The van der Waals surface area contributed by atoms with Crippen molar-refractivity contribution in [1.82, 2.24) is 15.1 Å². The highest BCUT2D eigenvalue weighted by Gasteiger charge is 2.18. The standard InChI is InChI=1S/C6H7N3O2/c10-6(11)9-5-3-7-1-4(5)2-8-9/h2,7H,1,3H2,(H,10,11). The molecule has 0 amide bonds. The fourth-order valence-electron chi connectivity index (χ4n) is 1.22. The van der Waals surface area contributed by atoms with Crippen LogP contribution in [-0.2, 0) is 13.1 Å². The van der Waals surface area contributed by atoms with E-state index in [2.05, 4.69) is 10.4 Å². The average Bonchev–Trinajstić information content (AvgIpc) is 2.41. The monoisotopic (exact) mass is 153 g/mol. The molecule has 11 heavy (non-hydrogen) atoms. The Morgan fingerprint density at radius 3 is 3.27 bits per heavy atom. The molecule has 58 valence electrons. The van der Waals surface area contributed by atoms with Gasteiger partial charge in [-0.3, -0.25) is 0 Å². The normalized spacial score (nSPS) is 14.9. The van der Waals surface area contributed by atoms with Crippen molar-refractivity contribution in [3.05, 3.63) is 17.5 Å². The Balaban J connectivity index is 2.50. The number of carboxylic acid groups (broad SMARTS) is 1. The summed E-state index contributed by atoms with van der Waals surface area (Å²) in [6, 6.07) is 0. The van der Waals surface area contributed by atoms with E-state index in [4.69, 9.17) is 5.11 Å². The molecule has 0 radical (unpaired) electrons. The molecule has 1 aliphatic heterocycles. The smallest absolute Gasteiger partial charge is 0.432 e. The second-order valence-electron chi connectivity index (χ2n) is 2.41. The van der Waals surface area contributed by atoms with Crippen molar-refractivity contribution in [2.75, 3.05) is 0 Å². The van der Waals surface area contributed by atoms with Crippen molar-refractivity contribution in [2.24, 2.45) is 0 Å². The summed E-state index contributed by atoms with van der Waals surface area (Å²) in [5.41, 5.74) is 1.74. The van der Waals surface area contributed by atoms with Crippen LogP contribution in [0, 0.1) is 0 Å². The van der Waals surface area contributed by atoms with E-state index >= 15 is 0 Å². The van der Waals surface area contributed by atoms with Crippen molar-refractivity contribution in [3.63, 3.8) is 0 Å². The third-order valence-corrected chi connectivity index (χ3v) is 1.74. The summed E-state index contributed by atoms with van der Waals surface area (Å²) < 4.78 is 1.01. The van der Waals surface area contributed by atoms with E-state index in [9.17, 15) is 4.79 Å². The molecule has 0 spiro atoms. The third kappa shape index (κ3) is 0.813. The Labute approximate surface area is 62.6 Å². The van der Waals surface area contributed by atoms with E-state index in [1.807, 2.05) is 0 Å². The molecule has 0 fully saturated rings. The van der Waals surface area contributed by atoms with Crippen LogP contribution in [0.4, 0.5) is 4.79 Å². The van der Waals surface area contributed by atoms with Gasteiger partial charge in [-0.2, -0.15) is 9.78 Å². The van der Waals surface area contributed by atoms with Crippen LogP contribution in [-0.4, -0.2) is 21.0 Å². The number of carbonyl (C=O) groups is 1. The average molecular weight is 153 g/mol. The molecule has 0 saturated heterocycles. The zero-order valence-electron chi connectivity index (χ0n) is 5.74. The minimum atomic E-state index is -1.02. The van der Waals surface area contributed by atoms with Gasteiger partial charge < -0.3 is 10.4 Å². The first-order valence-corrected chi connectivity index (χ1v) is 3.29. The summed E-state index contributed by atoms with van der Waals surface area (Å²) in [4.78, 5) is 10.5. The molecule has 0 unspecified atom stereocenters. The van der Waals surface area contributed by atoms with Crippen LogP contribution >= 0.6 is 0 Å². The molecular formula is C6H7N3O2. The van der Waals surface area contributed by atoms with Gasteiger partial charge in [0.15, 0.2) is 0 Å². The Kier molecular flexibility index (Phi) is 1.19. The van der Waals surface area contributed by atoms with Crippen LogP contribution in [0.25, 0.3) is 0 Å². The van der Waals surface area contributed by atoms with Gasteiger partial charge in [0.05, 0.1) is 11.9 Å². The van der Waals surface area contributed by atoms with Crippen molar-refractivity contribution >= 4 is 6.09 Å². The molecule has 5 heteroatoms. The number of hydrogen-bond acceptors (Lipinski definition) is 3. The first-order valence-electron chi connectivity index (χ1n) is 3.29. The molecule has 1 aromatic heterocycles. The summed E-state index contributed by atoms with van der Waals surface area (Å²) >= 11 is 0. The summed E-state index contributed by atoms with van der Waals surface area (Å²) in [6.45, 7) is 1.32. The fourth-order valence-corrected chi connectivity index (χ4v) is 1.22. The van der Waals surface area contributed by atoms with E-state index in [1.165, 1.54) is 0 Å². The van der Waals surface area contributed by atoms with Gasteiger partial charge in [-0.1, -0.05) is 0 Å². The lowest BCUT2D eigenvalue weighted by Gasteiger charge is -1.95. The first kappa shape index (κ1) is 6.36. The highest BCUT2D eigenvalue weighted by Crippen LogP contribution is 2.13. The molecule has 2 N–H and O–H groups in total. The minimum absolute atomic E-state index is 0.599. The van der Waals surface area contributed by atoms with E-state index in [0.29, 0.717) is 6.54 Å². The molecule has 2 heterocycles. The quantitative estimate of drug-likeness (QED) is 0.551. The number of aromatic nitrogens is 2. The minimum Gasteiger partial charge on any atom is -0.463 e. The predicted molar refractivity (Wildman–Crippen MR) is 36.2 cm³/mol. The topological polar surface area (TPSA) is 67.1 Å². The van der Waals surface area contributed by atoms with Crippen molar-refractivity contribution in [3.8, 4) is 0 Å². The zero-order valence-corrected chi connectivity index (χ0v) is 5.74. The van der Waals surface area contributed by atoms with Gasteiger partial charge in [0.1, 0.15) is 0 Å². The summed E-state index contributed by atoms with van der Waals surface area (Å²) in [5, 5.41) is 15.4. The van der Waals surface area contributed by atoms with Gasteiger partial charge in [0, 0.05) is 18.7 Å². The molecule has 1 aliphatic rings. The fraction of sp³-hybridized carbons (Fsp3) is 0.333. The molecule has 5 nitrogen and oxygen atoms in total. The van der Waals surface area contributed by atoms with Crippen LogP contribution in [0.1, 0.15) is 11.3 Å². The number of nitrogens with zero attached hydrogens (tertiary/aromatic N) is 2. The first-order chi connectivity index (χ1) is 5.29. The Morgan fingerprint density at radius 2 is 2.55 bits per heavy atom. The highest BCUT2D eigenvalue weighted by atomic mass is 16.4. The van der Waals surface area contributed by atoms with Gasteiger partial charge >= 0.3 is 6.09 Å². The van der Waals surface area contributed by atoms with E-state index in [1.54, 1.807) is 6.20 Å². The zero-order chi connectivity index (χ0) is 7.84. The van der Waals surface area contributed by atoms with Crippen LogP contribution in [0.5, 0.6) is 0 Å². The van der Waals surface area contributed by atoms with Gasteiger partial charge in [0.2, 0.25) is 0 Å². The summed E-state index contributed by atoms with van der Waals surface area (Å²) in [7, 11) is 0. The summed E-state index contributed by atoms with van der Waals surface area (Å²) in [5.74, 6) is 0. The van der Waals surface area contributed by atoms with Crippen molar-refractivity contribution in [2.45, 2.75) is 13.1 Å². The Morgan fingerprint density at radius 1 is 1.73 bits per heavy atom. The third-order valence-electron chi connectivity index (χ3n) is 1.74. The predicted octanol–water partition coefficient (Wildman–Crippen LogP) is 0.0124. The summed E-state index contributed by atoms with van der Waals surface area (Å²) in [6.07, 6.45) is 0.568. The van der Waals surface area contributed by atoms with Crippen molar-refractivity contribution < 1.29 is 9.90 Å². The second kappa shape index (κ2) is 2.06. The van der Waals surface area contributed by atoms with Crippen molar-refractivity contribution in [1.29, 1.82) is 0 Å². The Bertz CT molecular complexity index is 305. The molecular weight excluding hydrogens is 146 g/mol. The van der Waals surface area contributed by atoms with Gasteiger partial charge in [0.25, 0.3) is 0 Å². The Hall–Kier alpha value is -1.36. The van der Waals surface area contributed by atoms with Crippen LogP contribution in [0.3, 0.4) is 0 Å². The van der Waals surface area contributed by atoms with Gasteiger partial charge in [-0.25, -0.2) is 4.79 Å². The maximum absolute atomic E-state index is 10.5. The molecule has 0 bridgehead atoms. The number of nitrogens with one attached hydrogen (secondary N) is 1. The molecule has 0 aliphatic carbocycles. The lowest BCUT2D eigenvalue weighted by atomic mass is 10.3.